The van der Waals surface area contributed by atoms with Gasteiger partial charge in [-0.3, -0.25) is 4.79 Å². The molecule has 0 radical (unpaired) electrons. The summed E-state index contributed by atoms with van der Waals surface area (Å²) in [7, 11) is 0. The second-order valence-corrected chi connectivity index (χ2v) is 9.48. The SMILES string of the molecule is CCN(CC)CCNC(=S)Nc1ccc2nc(N3CCN(C(=O)C(N)C(C)C)CC3)ccc2c1. The molecule has 0 saturated carbocycles. The molecule has 34 heavy (non-hydrogen) atoms. The van der Waals surface area contributed by atoms with E-state index in [-0.39, 0.29) is 11.8 Å². The van der Waals surface area contributed by atoms with Crippen molar-refractivity contribution in [2.45, 2.75) is 33.7 Å². The Morgan fingerprint density at radius 1 is 1.15 bits per heavy atom. The summed E-state index contributed by atoms with van der Waals surface area (Å²) < 4.78 is 0. The highest BCUT2D eigenvalue weighted by Crippen LogP contribution is 2.22. The molecule has 0 spiro atoms. The van der Waals surface area contributed by atoms with Gasteiger partial charge in [0.1, 0.15) is 5.82 Å². The number of anilines is 2. The van der Waals surface area contributed by atoms with Gasteiger partial charge in [0.25, 0.3) is 0 Å². The van der Waals surface area contributed by atoms with Gasteiger partial charge in [-0.2, -0.15) is 0 Å². The molecule has 186 valence electrons. The molecular weight excluding hydrogens is 446 g/mol. The summed E-state index contributed by atoms with van der Waals surface area (Å²) in [6.07, 6.45) is 0. The van der Waals surface area contributed by atoms with Crippen molar-refractivity contribution >= 4 is 45.6 Å². The van der Waals surface area contributed by atoms with Gasteiger partial charge in [-0.15, -0.1) is 0 Å². The van der Waals surface area contributed by atoms with Crippen molar-refractivity contribution in [3.05, 3.63) is 30.3 Å². The number of thiocarbonyl (C=S) groups is 1. The third kappa shape index (κ3) is 6.77. The quantitative estimate of drug-likeness (QED) is 0.467. The van der Waals surface area contributed by atoms with Crippen molar-refractivity contribution in [2.75, 3.05) is 62.6 Å². The van der Waals surface area contributed by atoms with Gasteiger partial charge in [0, 0.05) is 50.3 Å². The van der Waals surface area contributed by atoms with Crippen LogP contribution < -0.4 is 21.3 Å². The zero-order valence-corrected chi connectivity index (χ0v) is 21.7. The molecule has 1 fully saturated rings. The van der Waals surface area contributed by atoms with Gasteiger partial charge in [-0.25, -0.2) is 4.98 Å². The van der Waals surface area contributed by atoms with Crippen molar-refractivity contribution in [3.63, 3.8) is 0 Å². The fraction of sp³-hybridized carbons (Fsp3) is 0.560. The van der Waals surface area contributed by atoms with Crippen LogP contribution in [0.4, 0.5) is 11.5 Å². The standard InChI is InChI=1S/C25H39N7OS/c1-5-30(6-2)12-11-27-25(34)28-20-8-9-21-19(17-20)7-10-22(29-21)31-13-15-32(16-14-31)24(33)23(26)18(3)4/h7-10,17-18,23H,5-6,11-16,26H2,1-4H3,(H2,27,28,34). The molecule has 1 saturated heterocycles. The van der Waals surface area contributed by atoms with Gasteiger partial charge >= 0.3 is 0 Å². The lowest BCUT2D eigenvalue weighted by atomic mass is 10.0. The number of hydrogen-bond acceptors (Lipinski definition) is 6. The largest absolute Gasteiger partial charge is 0.361 e. The van der Waals surface area contributed by atoms with E-state index in [0.717, 1.165) is 61.7 Å². The number of benzene rings is 1. The summed E-state index contributed by atoms with van der Waals surface area (Å²) in [6.45, 7) is 15.0. The summed E-state index contributed by atoms with van der Waals surface area (Å²) in [5, 5.41) is 8.22. The fourth-order valence-corrected chi connectivity index (χ4v) is 4.28. The van der Waals surface area contributed by atoms with Gasteiger partial charge in [0.2, 0.25) is 5.91 Å². The van der Waals surface area contributed by atoms with Crippen molar-refractivity contribution in [1.29, 1.82) is 0 Å². The molecule has 1 aliphatic heterocycles. The average Bonchev–Trinajstić information content (AvgIpc) is 2.85. The van der Waals surface area contributed by atoms with E-state index in [9.17, 15) is 4.79 Å². The van der Waals surface area contributed by atoms with Crippen LogP contribution >= 0.6 is 12.2 Å². The van der Waals surface area contributed by atoms with Crippen LogP contribution in [-0.2, 0) is 4.79 Å². The van der Waals surface area contributed by atoms with Crippen LogP contribution in [0, 0.1) is 5.92 Å². The summed E-state index contributed by atoms with van der Waals surface area (Å²) in [5.74, 6) is 1.12. The maximum absolute atomic E-state index is 12.5. The monoisotopic (exact) mass is 485 g/mol. The Labute approximate surface area is 208 Å². The van der Waals surface area contributed by atoms with Crippen LogP contribution in [0.2, 0.25) is 0 Å². The van der Waals surface area contributed by atoms with E-state index in [0.29, 0.717) is 18.2 Å². The second-order valence-electron chi connectivity index (χ2n) is 9.07. The molecule has 3 rings (SSSR count). The number of pyridine rings is 1. The van der Waals surface area contributed by atoms with Crippen LogP contribution in [0.15, 0.2) is 30.3 Å². The van der Waals surface area contributed by atoms with E-state index in [4.69, 9.17) is 22.9 Å². The van der Waals surface area contributed by atoms with Crippen LogP contribution in [0.5, 0.6) is 0 Å². The number of piperazine rings is 1. The number of nitrogens with zero attached hydrogens (tertiary/aromatic N) is 4. The minimum absolute atomic E-state index is 0.0432. The molecular formula is C25H39N7OS. The molecule has 9 heteroatoms. The predicted octanol–water partition coefficient (Wildman–Crippen LogP) is 2.49. The van der Waals surface area contributed by atoms with Gasteiger partial charge in [0.15, 0.2) is 5.11 Å². The van der Waals surface area contributed by atoms with Crippen LogP contribution in [-0.4, -0.2) is 84.2 Å². The van der Waals surface area contributed by atoms with Crippen LogP contribution in [0.3, 0.4) is 0 Å². The first-order valence-corrected chi connectivity index (χ1v) is 12.7. The predicted molar refractivity (Wildman–Crippen MR) is 145 cm³/mol. The lowest BCUT2D eigenvalue weighted by Gasteiger charge is -2.37. The summed E-state index contributed by atoms with van der Waals surface area (Å²) in [5.41, 5.74) is 7.93. The van der Waals surface area contributed by atoms with Gasteiger partial charge in [-0.05, 0) is 61.6 Å². The van der Waals surface area contributed by atoms with Crippen molar-refractivity contribution in [2.24, 2.45) is 11.7 Å². The van der Waals surface area contributed by atoms with Crippen LogP contribution in [0.25, 0.3) is 10.9 Å². The highest BCUT2D eigenvalue weighted by Gasteiger charge is 2.27. The lowest BCUT2D eigenvalue weighted by molar-refractivity contribution is -0.133. The highest BCUT2D eigenvalue weighted by atomic mass is 32.1. The van der Waals surface area contributed by atoms with E-state index in [1.807, 2.05) is 36.9 Å². The Bertz CT molecular complexity index is 971. The number of nitrogens with two attached hydrogens (primary N) is 1. The van der Waals surface area contributed by atoms with E-state index in [1.54, 1.807) is 0 Å². The molecule has 0 bridgehead atoms. The summed E-state index contributed by atoms with van der Waals surface area (Å²) >= 11 is 5.45. The van der Waals surface area contributed by atoms with E-state index in [1.165, 1.54) is 0 Å². The van der Waals surface area contributed by atoms with Crippen molar-refractivity contribution in [1.82, 2.24) is 20.1 Å². The number of likely N-dealkylation sites (N-methyl/N-ethyl adjacent to an activating group) is 1. The molecule has 1 atom stereocenters. The van der Waals surface area contributed by atoms with Crippen molar-refractivity contribution in [3.8, 4) is 0 Å². The number of carbonyl (C=O) groups is 1. The Kier molecular flexibility index (Phi) is 9.44. The molecule has 8 nitrogen and oxygen atoms in total. The Morgan fingerprint density at radius 2 is 1.85 bits per heavy atom. The number of amides is 1. The summed E-state index contributed by atoms with van der Waals surface area (Å²) in [4.78, 5) is 23.8. The van der Waals surface area contributed by atoms with E-state index >= 15 is 0 Å². The first-order chi connectivity index (χ1) is 16.3. The third-order valence-corrected chi connectivity index (χ3v) is 6.71. The average molecular weight is 486 g/mol. The first kappa shape index (κ1) is 26.1. The normalized spacial score (nSPS) is 15.1. The zero-order valence-electron chi connectivity index (χ0n) is 20.9. The molecule has 4 N–H and O–H groups in total. The summed E-state index contributed by atoms with van der Waals surface area (Å²) in [6, 6.07) is 9.78. The number of nitrogens with one attached hydrogen (secondary N) is 2. The minimum Gasteiger partial charge on any atom is -0.361 e. The zero-order chi connectivity index (χ0) is 24.7. The minimum atomic E-state index is -0.432. The smallest absolute Gasteiger partial charge is 0.239 e. The number of hydrogen-bond donors (Lipinski definition) is 3. The van der Waals surface area contributed by atoms with E-state index in [2.05, 4.69) is 46.4 Å². The molecule has 1 amide bonds. The molecule has 2 aromatic rings. The first-order valence-electron chi connectivity index (χ1n) is 12.3. The second kappa shape index (κ2) is 12.3. The molecule has 1 aromatic carbocycles. The highest BCUT2D eigenvalue weighted by molar-refractivity contribution is 7.80. The van der Waals surface area contributed by atoms with E-state index < -0.39 is 6.04 Å². The topological polar surface area (TPSA) is 89.8 Å². The molecule has 0 aliphatic carbocycles. The van der Waals surface area contributed by atoms with Gasteiger partial charge < -0.3 is 31.1 Å². The number of carbonyl (C=O) groups excluding carboxylic acids is 1. The fourth-order valence-electron chi connectivity index (χ4n) is 4.06. The Morgan fingerprint density at radius 3 is 2.50 bits per heavy atom. The number of aromatic nitrogens is 1. The maximum Gasteiger partial charge on any atom is 0.239 e. The number of fused-ring (bicyclic) bond motifs is 1. The molecule has 2 heterocycles. The Balaban J connectivity index is 1.55. The number of rotatable bonds is 9. The maximum atomic E-state index is 12.5. The molecule has 1 aliphatic rings. The van der Waals surface area contributed by atoms with Gasteiger partial charge in [0.05, 0.1) is 11.6 Å². The third-order valence-electron chi connectivity index (χ3n) is 6.46. The van der Waals surface area contributed by atoms with Crippen LogP contribution in [0.1, 0.15) is 27.7 Å². The van der Waals surface area contributed by atoms with Gasteiger partial charge in [-0.1, -0.05) is 27.7 Å². The molecule has 1 aromatic heterocycles. The Hall–Kier alpha value is -2.49. The van der Waals surface area contributed by atoms with Crippen molar-refractivity contribution < 1.29 is 4.79 Å². The molecule has 1 unspecified atom stereocenters. The lowest BCUT2D eigenvalue weighted by Crippen LogP contribution is -2.54.